The minimum Gasteiger partial charge on any atom is -0.483 e. The van der Waals surface area contributed by atoms with Crippen molar-refractivity contribution in [2.75, 3.05) is 13.2 Å². The van der Waals surface area contributed by atoms with Crippen LogP contribution in [0.4, 0.5) is 0 Å². The zero-order chi connectivity index (χ0) is 24.0. The van der Waals surface area contributed by atoms with Crippen LogP contribution in [0.15, 0.2) is 65.1 Å². The van der Waals surface area contributed by atoms with Gasteiger partial charge in [-0.25, -0.2) is 0 Å². The molecule has 2 amide bonds. The number of fused-ring (bicyclic) bond motifs is 1. The summed E-state index contributed by atoms with van der Waals surface area (Å²) in [6, 6.07) is 19.0. The molecule has 6 heteroatoms. The van der Waals surface area contributed by atoms with E-state index >= 15 is 0 Å². The molecule has 0 saturated carbocycles. The van der Waals surface area contributed by atoms with Crippen molar-refractivity contribution in [3.05, 3.63) is 76.3 Å². The molecule has 5 nitrogen and oxygen atoms in total. The van der Waals surface area contributed by atoms with Crippen molar-refractivity contribution in [3.63, 3.8) is 0 Å². The number of benzene rings is 3. The van der Waals surface area contributed by atoms with Crippen molar-refractivity contribution in [2.24, 2.45) is 5.92 Å². The highest BCUT2D eigenvalue weighted by atomic mass is 79.9. The van der Waals surface area contributed by atoms with E-state index in [1.54, 1.807) is 11.8 Å². The molecule has 3 rings (SSSR count). The molecule has 1 unspecified atom stereocenters. The van der Waals surface area contributed by atoms with E-state index in [4.69, 9.17) is 4.74 Å². The zero-order valence-electron chi connectivity index (χ0n) is 19.6. The van der Waals surface area contributed by atoms with E-state index in [1.807, 2.05) is 81.4 Å². The standard InChI is InChI=1S/C27H31BrN2O3/c1-18(2)15-29-27(32)20(4)30(16-22-11-6-5-9-19(22)3)25(31)17-33-24-14-13-21-10-7-8-12-23(21)26(24)28/h5-14,18,20H,15-17H2,1-4H3,(H,29,32). The van der Waals surface area contributed by atoms with Crippen LogP contribution in [0, 0.1) is 12.8 Å². The number of nitrogens with one attached hydrogen (secondary N) is 1. The third kappa shape index (κ3) is 6.35. The number of hydrogen-bond acceptors (Lipinski definition) is 3. The first-order valence-electron chi connectivity index (χ1n) is 11.2. The van der Waals surface area contributed by atoms with Gasteiger partial charge in [0.1, 0.15) is 11.8 Å². The Morgan fingerprint density at radius 3 is 2.42 bits per heavy atom. The molecule has 0 aliphatic carbocycles. The fourth-order valence-electron chi connectivity index (χ4n) is 3.55. The van der Waals surface area contributed by atoms with Gasteiger partial charge in [-0.3, -0.25) is 9.59 Å². The van der Waals surface area contributed by atoms with E-state index in [0.29, 0.717) is 24.8 Å². The van der Waals surface area contributed by atoms with Gasteiger partial charge in [0.15, 0.2) is 6.61 Å². The van der Waals surface area contributed by atoms with Gasteiger partial charge in [0, 0.05) is 13.1 Å². The summed E-state index contributed by atoms with van der Waals surface area (Å²) in [6.45, 7) is 8.58. The van der Waals surface area contributed by atoms with Crippen LogP contribution in [0.25, 0.3) is 10.8 Å². The molecule has 0 heterocycles. The van der Waals surface area contributed by atoms with Gasteiger partial charge in [0.05, 0.1) is 4.47 Å². The lowest BCUT2D eigenvalue weighted by Crippen LogP contribution is -2.49. The second-order valence-electron chi connectivity index (χ2n) is 8.65. The molecule has 0 radical (unpaired) electrons. The Balaban J connectivity index is 1.79. The number of ether oxygens (including phenoxy) is 1. The fraction of sp³-hybridized carbons (Fsp3) is 0.333. The number of nitrogens with zero attached hydrogens (tertiary/aromatic N) is 1. The summed E-state index contributed by atoms with van der Waals surface area (Å²) in [5, 5.41) is 5.04. The van der Waals surface area contributed by atoms with Crippen molar-refractivity contribution in [1.29, 1.82) is 0 Å². The molecule has 174 valence electrons. The summed E-state index contributed by atoms with van der Waals surface area (Å²) in [5.41, 5.74) is 2.07. The number of carbonyl (C=O) groups is 2. The molecule has 0 bridgehead atoms. The maximum Gasteiger partial charge on any atom is 0.261 e. The van der Waals surface area contributed by atoms with Crippen LogP contribution in [0.2, 0.25) is 0 Å². The van der Waals surface area contributed by atoms with Crippen LogP contribution >= 0.6 is 15.9 Å². The highest BCUT2D eigenvalue weighted by molar-refractivity contribution is 9.10. The Kier molecular flexibility index (Phi) is 8.50. The molecule has 3 aromatic carbocycles. The lowest BCUT2D eigenvalue weighted by Gasteiger charge is -2.29. The van der Waals surface area contributed by atoms with Gasteiger partial charge in [-0.1, -0.05) is 68.4 Å². The normalized spacial score (nSPS) is 11.9. The number of amides is 2. The highest BCUT2D eigenvalue weighted by Crippen LogP contribution is 2.33. The minimum absolute atomic E-state index is 0.162. The van der Waals surface area contributed by atoms with Gasteiger partial charge in [-0.15, -0.1) is 0 Å². The average molecular weight is 511 g/mol. The first-order chi connectivity index (χ1) is 15.8. The molecule has 1 atom stereocenters. The van der Waals surface area contributed by atoms with Gasteiger partial charge in [-0.05, 0) is 63.7 Å². The molecule has 0 saturated heterocycles. The molecule has 33 heavy (non-hydrogen) atoms. The number of halogens is 1. The second kappa shape index (κ2) is 11.3. The van der Waals surface area contributed by atoms with Crippen molar-refractivity contribution >= 4 is 38.5 Å². The molecule has 0 aliphatic rings. The van der Waals surface area contributed by atoms with Crippen molar-refractivity contribution in [3.8, 4) is 5.75 Å². The van der Waals surface area contributed by atoms with Gasteiger partial charge in [0.25, 0.3) is 5.91 Å². The van der Waals surface area contributed by atoms with Crippen LogP contribution in [-0.4, -0.2) is 35.9 Å². The SMILES string of the molecule is Cc1ccccc1CN(C(=O)COc1ccc2ccccc2c1Br)C(C)C(=O)NCC(C)C. The van der Waals surface area contributed by atoms with E-state index in [9.17, 15) is 9.59 Å². The van der Waals surface area contributed by atoms with Crippen LogP contribution in [0.5, 0.6) is 5.75 Å². The number of hydrogen-bond donors (Lipinski definition) is 1. The van der Waals surface area contributed by atoms with Crippen molar-refractivity contribution in [1.82, 2.24) is 10.2 Å². The fourth-order valence-corrected chi connectivity index (χ4v) is 4.16. The molecule has 1 N–H and O–H groups in total. The lowest BCUT2D eigenvalue weighted by atomic mass is 10.1. The van der Waals surface area contributed by atoms with Crippen molar-refractivity contribution in [2.45, 2.75) is 40.3 Å². The van der Waals surface area contributed by atoms with Crippen LogP contribution in [-0.2, 0) is 16.1 Å². The Morgan fingerprint density at radius 1 is 1.00 bits per heavy atom. The van der Waals surface area contributed by atoms with Crippen LogP contribution in [0.1, 0.15) is 31.9 Å². The topological polar surface area (TPSA) is 58.6 Å². The van der Waals surface area contributed by atoms with Crippen molar-refractivity contribution < 1.29 is 14.3 Å². The Hall–Kier alpha value is -2.86. The molecule has 0 aliphatic heterocycles. The van der Waals surface area contributed by atoms with E-state index in [2.05, 4.69) is 21.2 Å². The Bertz CT molecular complexity index is 1130. The molecule has 0 aromatic heterocycles. The number of rotatable bonds is 9. The lowest BCUT2D eigenvalue weighted by molar-refractivity contribution is -0.142. The van der Waals surface area contributed by atoms with E-state index in [0.717, 1.165) is 26.4 Å². The summed E-state index contributed by atoms with van der Waals surface area (Å²) in [6.07, 6.45) is 0. The first-order valence-corrected chi connectivity index (χ1v) is 12.0. The Labute approximate surface area is 204 Å². The maximum absolute atomic E-state index is 13.3. The molecule has 3 aromatic rings. The smallest absolute Gasteiger partial charge is 0.261 e. The second-order valence-corrected chi connectivity index (χ2v) is 9.44. The van der Waals surface area contributed by atoms with Crippen LogP contribution < -0.4 is 10.1 Å². The quantitative estimate of drug-likeness (QED) is 0.414. The van der Waals surface area contributed by atoms with E-state index in [1.165, 1.54) is 0 Å². The number of aryl methyl sites for hydroxylation is 1. The summed E-state index contributed by atoms with van der Waals surface area (Å²) >= 11 is 3.60. The van der Waals surface area contributed by atoms with Gasteiger partial charge < -0.3 is 15.0 Å². The summed E-state index contributed by atoms with van der Waals surface area (Å²) in [4.78, 5) is 27.7. The summed E-state index contributed by atoms with van der Waals surface area (Å²) < 4.78 is 6.72. The predicted molar refractivity (Wildman–Crippen MR) is 136 cm³/mol. The third-order valence-corrected chi connectivity index (χ3v) is 6.45. The Morgan fingerprint density at radius 2 is 1.70 bits per heavy atom. The molecular formula is C27H31BrN2O3. The zero-order valence-corrected chi connectivity index (χ0v) is 21.2. The maximum atomic E-state index is 13.3. The van der Waals surface area contributed by atoms with Crippen LogP contribution in [0.3, 0.4) is 0 Å². The average Bonchev–Trinajstić information content (AvgIpc) is 2.81. The first kappa shape index (κ1) is 24.8. The third-order valence-electron chi connectivity index (χ3n) is 5.63. The van der Waals surface area contributed by atoms with Gasteiger partial charge in [0.2, 0.25) is 5.91 Å². The molecular weight excluding hydrogens is 480 g/mol. The monoisotopic (exact) mass is 510 g/mol. The summed E-state index contributed by atoms with van der Waals surface area (Å²) in [7, 11) is 0. The molecule has 0 fully saturated rings. The minimum atomic E-state index is -0.625. The van der Waals surface area contributed by atoms with Gasteiger partial charge >= 0.3 is 0 Å². The number of carbonyl (C=O) groups excluding carboxylic acids is 2. The van der Waals surface area contributed by atoms with E-state index < -0.39 is 6.04 Å². The highest BCUT2D eigenvalue weighted by Gasteiger charge is 2.27. The van der Waals surface area contributed by atoms with Gasteiger partial charge in [-0.2, -0.15) is 0 Å². The van der Waals surface area contributed by atoms with E-state index in [-0.39, 0.29) is 18.4 Å². The predicted octanol–water partition coefficient (Wildman–Crippen LogP) is 5.48. The largest absolute Gasteiger partial charge is 0.483 e. The molecule has 0 spiro atoms. The summed E-state index contributed by atoms with van der Waals surface area (Å²) in [5.74, 6) is 0.507.